The minimum Gasteiger partial charge on any atom is -0.245 e. The van der Waals surface area contributed by atoms with Gasteiger partial charge in [0.05, 0.1) is 0 Å². The van der Waals surface area contributed by atoms with Gasteiger partial charge in [0.2, 0.25) is 0 Å². The van der Waals surface area contributed by atoms with E-state index in [2.05, 4.69) is 40.8 Å². The van der Waals surface area contributed by atoms with Crippen molar-refractivity contribution in [3.05, 3.63) is 29.8 Å². The first kappa shape index (κ1) is 8.39. The van der Waals surface area contributed by atoms with Gasteiger partial charge in [-0.05, 0) is 6.92 Å². The summed E-state index contributed by atoms with van der Waals surface area (Å²) in [6.07, 6.45) is 0. The highest BCUT2D eigenvalue weighted by atomic mass is 31.1. The standard InChI is InChI=1S/C9H10N3P/c1-7-3-5-8(6-4-7)9-10-13-11-12(9)2/h3-6H,1-2H3. The van der Waals surface area contributed by atoms with Gasteiger partial charge >= 0.3 is 0 Å². The molecule has 1 aromatic carbocycles. The third-order valence-corrected chi connectivity index (χ3v) is 2.56. The predicted octanol–water partition coefficient (Wildman–Crippen LogP) is 2.37. The summed E-state index contributed by atoms with van der Waals surface area (Å²) >= 11 is 0. The van der Waals surface area contributed by atoms with Crippen LogP contribution in [0.3, 0.4) is 0 Å². The van der Waals surface area contributed by atoms with Gasteiger partial charge in [0, 0.05) is 12.6 Å². The number of aryl methyl sites for hydroxylation is 2. The van der Waals surface area contributed by atoms with Gasteiger partial charge in [0.25, 0.3) is 0 Å². The molecule has 1 aromatic heterocycles. The van der Waals surface area contributed by atoms with E-state index >= 15 is 0 Å². The van der Waals surface area contributed by atoms with Gasteiger partial charge in [-0.15, -0.1) is 4.86 Å². The summed E-state index contributed by atoms with van der Waals surface area (Å²) in [6.45, 7) is 2.08. The van der Waals surface area contributed by atoms with Gasteiger partial charge in [-0.25, -0.2) is 4.68 Å². The molecule has 0 atom stereocenters. The van der Waals surface area contributed by atoms with E-state index in [4.69, 9.17) is 0 Å². The quantitative estimate of drug-likeness (QED) is 0.692. The number of benzene rings is 1. The summed E-state index contributed by atoms with van der Waals surface area (Å²) in [5.74, 6) is 0.946. The minimum atomic E-state index is 0.780. The molecule has 0 saturated heterocycles. The Morgan fingerprint density at radius 1 is 1.23 bits per heavy atom. The molecule has 3 nitrogen and oxygen atoms in total. The fourth-order valence-electron chi connectivity index (χ4n) is 1.18. The smallest absolute Gasteiger partial charge is 0.178 e. The van der Waals surface area contributed by atoms with E-state index in [-0.39, 0.29) is 0 Å². The van der Waals surface area contributed by atoms with Crippen LogP contribution in [0.5, 0.6) is 0 Å². The van der Waals surface area contributed by atoms with E-state index < -0.39 is 0 Å². The molecule has 66 valence electrons. The Balaban J connectivity index is 2.47. The Hall–Kier alpha value is -1.21. The maximum absolute atomic E-state index is 4.26. The molecule has 0 radical (unpaired) electrons. The van der Waals surface area contributed by atoms with Crippen molar-refractivity contribution in [1.82, 2.24) is 14.3 Å². The molecular weight excluding hydrogens is 181 g/mol. The summed E-state index contributed by atoms with van der Waals surface area (Å²) in [5.41, 5.74) is 2.39. The molecule has 0 aliphatic rings. The first-order valence-corrected chi connectivity index (χ1v) is 4.87. The van der Waals surface area contributed by atoms with Crippen molar-refractivity contribution in [3.63, 3.8) is 0 Å². The second-order valence-electron chi connectivity index (χ2n) is 2.99. The Morgan fingerprint density at radius 2 is 1.92 bits per heavy atom. The normalized spacial score (nSPS) is 10.9. The van der Waals surface area contributed by atoms with Crippen molar-refractivity contribution in [3.8, 4) is 11.4 Å². The number of rotatable bonds is 1. The molecule has 0 spiro atoms. The van der Waals surface area contributed by atoms with E-state index in [9.17, 15) is 0 Å². The highest BCUT2D eigenvalue weighted by Gasteiger charge is 2.02. The molecule has 0 bridgehead atoms. The van der Waals surface area contributed by atoms with Crippen LogP contribution < -0.4 is 0 Å². The van der Waals surface area contributed by atoms with Crippen molar-refractivity contribution < 1.29 is 0 Å². The third-order valence-electron chi connectivity index (χ3n) is 1.93. The van der Waals surface area contributed by atoms with Crippen molar-refractivity contribution in [2.75, 3.05) is 0 Å². The summed E-state index contributed by atoms with van der Waals surface area (Å²) in [5, 5.41) is 0. The topological polar surface area (TPSA) is 30.7 Å². The van der Waals surface area contributed by atoms with E-state index in [0.29, 0.717) is 0 Å². The van der Waals surface area contributed by atoms with Crippen molar-refractivity contribution in [2.24, 2.45) is 7.05 Å². The largest absolute Gasteiger partial charge is 0.245 e. The molecule has 1 heterocycles. The fourth-order valence-corrected chi connectivity index (χ4v) is 1.75. The van der Waals surface area contributed by atoms with Gasteiger partial charge in [-0.1, -0.05) is 29.8 Å². The van der Waals surface area contributed by atoms with Crippen LogP contribution in [-0.2, 0) is 7.05 Å². The first-order chi connectivity index (χ1) is 6.27. The van der Waals surface area contributed by atoms with Crippen LogP contribution in [-0.4, -0.2) is 14.3 Å². The molecule has 0 unspecified atom stereocenters. The maximum atomic E-state index is 4.26. The molecule has 4 heteroatoms. The van der Waals surface area contributed by atoms with Gasteiger partial charge in [-0.2, -0.15) is 4.75 Å². The average Bonchev–Trinajstić information content (AvgIpc) is 2.53. The Kier molecular flexibility index (Phi) is 2.11. The number of nitrogens with zero attached hydrogens (tertiary/aromatic N) is 3. The lowest BCUT2D eigenvalue weighted by Gasteiger charge is -1.99. The van der Waals surface area contributed by atoms with Gasteiger partial charge in [0.15, 0.2) is 14.3 Å². The average molecular weight is 191 g/mol. The van der Waals surface area contributed by atoms with Crippen LogP contribution in [0.2, 0.25) is 0 Å². The fraction of sp³-hybridized carbons (Fsp3) is 0.222. The lowest BCUT2D eigenvalue weighted by molar-refractivity contribution is 0.795. The zero-order valence-electron chi connectivity index (χ0n) is 7.60. The van der Waals surface area contributed by atoms with E-state index in [0.717, 1.165) is 19.9 Å². The molecule has 13 heavy (non-hydrogen) atoms. The van der Waals surface area contributed by atoms with Crippen molar-refractivity contribution in [1.29, 1.82) is 0 Å². The summed E-state index contributed by atoms with van der Waals surface area (Å²) in [7, 11) is 2.69. The van der Waals surface area contributed by atoms with Gasteiger partial charge in [0.1, 0.15) is 0 Å². The molecule has 0 N–H and O–H groups in total. The number of hydrogen-bond donors (Lipinski definition) is 0. The molecule has 0 fully saturated rings. The molecule has 0 saturated carbocycles. The maximum Gasteiger partial charge on any atom is 0.178 e. The SMILES string of the molecule is Cc1ccc(-c2npnn2C)cc1. The van der Waals surface area contributed by atoms with Crippen LogP contribution in [0.25, 0.3) is 11.4 Å². The van der Waals surface area contributed by atoms with Gasteiger partial charge in [-0.3, -0.25) is 0 Å². The second-order valence-corrected chi connectivity index (χ2v) is 3.55. The van der Waals surface area contributed by atoms with E-state index in [1.165, 1.54) is 5.56 Å². The predicted molar refractivity (Wildman–Crippen MR) is 53.7 cm³/mol. The van der Waals surface area contributed by atoms with Crippen LogP contribution >= 0.6 is 8.51 Å². The Labute approximate surface area is 78.7 Å². The van der Waals surface area contributed by atoms with E-state index in [1.54, 1.807) is 0 Å². The van der Waals surface area contributed by atoms with Crippen LogP contribution in [0, 0.1) is 6.92 Å². The third kappa shape index (κ3) is 1.61. The molecule has 2 aromatic rings. The molecule has 0 aliphatic carbocycles. The summed E-state index contributed by atoms with van der Waals surface area (Å²) in [4.78, 5) is 4.12. The first-order valence-electron chi connectivity index (χ1n) is 4.07. The number of aromatic nitrogens is 3. The Morgan fingerprint density at radius 3 is 2.46 bits per heavy atom. The van der Waals surface area contributed by atoms with Crippen LogP contribution in [0.1, 0.15) is 5.56 Å². The highest BCUT2D eigenvalue weighted by molar-refractivity contribution is 7.20. The lowest BCUT2D eigenvalue weighted by Crippen LogP contribution is -1.93. The minimum absolute atomic E-state index is 0.780. The molecular formula is C9H10N3P. The molecule has 0 amide bonds. The lowest BCUT2D eigenvalue weighted by atomic mass is 10.1. The Bertz CT molecular complexity index is 405. The summed E-state index contributed by atoms with van der Waals surface area (Å²) in [6, 6.07) is 8.31. The number of hydrogen-bond acceptors (Lipinski definition) is 2. The van der Waals surface area contributed by atoms with Crippen molar-refractivity contribution >= 4 is 8.51 Å². The monoisotopic (exact) mass is 191 g/mol. The van der Waals surface area contributed by atoms with Crippen LogP contribution in [0.4, 0.5) is 0 Å². The molecule has 0 aliphatic heterocycles. The van der Waals surface area contributed by atoms with Gasteiger partial charge < -0.3 is 0 Å². The van der Waals surface area contributed by atoms with Crippen molar-refractivity contribution in [2.45, 2.75) is 6.92 Å². The zero-order chi connectivity index (χ0) is 9.26. The van der Waals surface area contributed by atoms with Crippen LogP contribution in [0.15, 0.2) is 24.3 Å². The summed E-state index contributed by atoms with van der Waals surface area (Å²) < 4.78 is 6.08. The highest BCUT2D eigenvalue weighted by Crippen LogP contribution is 2.17. The molecule has 2 rings (SSSR count). The zero-order valence-corrected chi connectivity index (χ0v) is 8.49. The second kappa shape index (κ2) is 3.27. The van der Waals surface area contributed by atoms with E-state index in [1.807, 2.05) is 11.7 Å².